The van der Waals surface area contributed by atoms with Gasteiger partial charge in [-0.1, -0.05) is 17.7 Å². The summed E-state index contributed by atoms with van der Waals surface area (Å²) < 4.78 is 10.7. The number of furan rings is 1. The van der Waals surface area contributed by atoms with Crippen LogP contribution in [0.15, 0.2) is 39.4 Å². The Morgan fingerprint density at radius 3 is 2.79 bits per heavy atom. The second-order valence-electron chi connectivity index (χ2n) is 3.76. The Balaban J connectivity index is 1.99. The Bertz CT molecular complexity index is 597. The summed E-state index contributed by atoms with van der Waals surface area (Å²) >= 11 is 9.15. The molecule has 0 radical (unpaired) electrons. The van der Waals surface area contributed by atoms with E-state index in [1.807, 2.05) is 6.07 Å². The van der Waals surface area contributed by atoms with Gasteiger partial charge in [0.05, 0.1) is 12.1 Å². The molecule has 1 amide bonds. The number of ether oxygens (including phenoxy) is 1. The van der Waals surface area contributed by atoms with Crippen LogP contribution in [0.4, 0.5) is 0 Å². The quantitative estimate of drug-likeness (QED) is 0.921. The minimum Gasteiger partial charge on any atom is -0.495 e. The third-order valence-corrected chi connectivity index (χ3v) is 3.19. The van der Waals surface area contributed by atoms with Crippen LogP contribution in [0.25, 0.3) is 0 Å². The van der Waals surface area contributed by atoms with Crippen LogP contribution in [0.2, 0.25) is 5.02 Å². The monoisotopic (exact) mass is 343 g/mol. The van der Waals surface area contributed by atoms with Crippen molar-refractivity contribution < 1.29 is 13.9 Å². The van der Waals surface area contributed by atoms with Gasteiger partial charge in [0, 0.05) is 6.54 Å². The number of nitrogens with one attached hydrogen (secondary N) is 1. The number of carbonyl (C=O) groups is 1. The number of hydrogen-bond acceptors (Lipinski definition) is 3. The predicted molar refractivity (Wildman–Crippen MR) is 75.6 cm³/mol. The maximum Gasteiger partial charge on any atom is 0.287 e. The number of halogens is 2. The minimum absolute atomic E-state index is 0.256. The number of amides is 1. The first kappa shape index (κ1) is 14.0. The van der Waals surface area contributed by atoms with Gasteiger partial charge in [-0.15, -0.1) is 0 Å². The standard InChI is InChI=1S/C13H11BrClNO3/c1-18-10-3-2-8(6-9(10)15)7-16-13(17)11-4-5-12(14)19-11/h2-6H,7H2,1H3,(H,16,17). The molecule has 6 heteroatoms. The third-order valence-electron chi connectivity index (χ3n) is 2.47. The van der Waals surface area contributed by atoms with E-state index in [2.05, 4.69) is 21.2 Å². The molecule has 100 valence electrons. The smallest absolute Gasteiger partial charge is 0.287 e. The number of rotatable bonds is 4. The molecule has 1 heterocycles. The third kappa shape index (κ3) is 3.52. The maximum absolute atomic E-state index is 11.8. The van der Waals surface area contributed by atoms with Crippen LogP contribution in [-0.4, -0.2) is 13.0 Å². The molecule has 0 aliphatic carbocycles. The summed E-state index contributed by atoms with van der Waals surface area (Å²) in [7, 11) is 1.55. The van der Waals surface area contributed by atoms with Gasteiger partial charge in [0.15, 0.2) is 10.4 Å². The fourth-order valence-corrected chi connectivity index (χ4v) is 2.11. The van der Waals surface area contributed by atoms with Crippen LogP contribution in [0, 0.1) is 0 Å². The molecular formula is C13H11BrClNO3. The Morgan fingerprint density at radius 1 is 1.42 bits per heavy atom. The summed E-state index contributed by atoms with van der Waals surface area (Å²) in [6, 6.07) is 8.61. The van der Waals surface area contributed by atoms with Crippen LogP contribution >= 0.6 is 27.5 Å². The van der Waals surface area contributed by atoms with E-state index in [9.17, 15) is 4.79 Å². The van der Waals surface area contributed by atoms with E-state index in [0.717, 1.165) is 5.56 Å². The number of hydrogen-bond donors (Lipinski definition) is 1. The molecule has 1 aromatic heterocycles. The van der Waals surface area contributed by atoms with Gasteiger partial charge in [-0.2, -0.15) is 0 Å². The first-order valence-corrected chi connectivity index (χ1v) is 6.63. The molecule has 2 rings (SSSR count). The maximum atomic E-state index is 11.8. The molecule has 0 unspecified atom stereocenters. The number of benzene rings is 1. The van der Waals surface area contributed by atoms with E-state index in [1.165, 1.54) is 0 Å². The predicted octanol–water partition coefficient (Wildman–Crippen LogP) is 3.63. The molecule has 0 bridgehead atoms. The Kier molecular flexibility index (Phi) is 4.50. The van der Waals surface area contributed by atoms with Gasteiger partial charge in [-0.05, 0) is 45.8 Å². The molecule has 0 aliphatic heterocycles. The number of methoxy groups -OCH3 is 1. The lowest BCUT2D eigenvalue weighted by Gasteiger charge is -2.07. The highest BCUT2D eigenvalue weighted by Crippen LogP contribution is 2.24. The van der Waals surface area contributed by atoms with Crippen molar-refractivity contribution in [2.24, 2.45) is 0 Å². The lowest BCUT2D eigenvalue weighted by molar-refractivity contribution is 0.0922. The van der Waals surface area contributed by atoms with Crippen molar-refractivity contribution in [3.05, 3.63) is 51.3 Å². The molecule has 0 saturated heterocycles. The van der Waals surface area contributed by atoms with E-state index in [-0.39, 0.29) is 11.7 Å². The summed E-state index contributed by atoms with van der Waals surface area (Å²) in [5.41, 5.74) is 0.879. The average Bonchev–Trinajstić information content (AvgIpc) is 2.83. The fourth-order valence-electron chi connectivity index (χ4n) is 1.53. The molecule has 0 fully saturated rings. The van der Waals surface area contributed by atoms with Crippen LogP contribution in [-0.2, 0) is 6.54 Å². The lowest BCUT2D eigenvalue weighted by Crippen LogP contribution is -2.22. The van der Waals surface area contributed by atoms with Gasteiger partial charge in [0.1, 0.15) is 5.75 Å². The molecule has 0 atom stereocenters. The molecule has 1 aromatic carbocycles. The van der Waals surface area contributed by atoms with Crippen LogP contribution in [0.1, 0.15) is 16.1 Å². The zero-order valence-corrected chi connectivity index (χ0v) is 12.4. The first-order valence-electron chi connectivity index (χ1n) is 5.46. The van der Waals surface area contributed by atoms with Crippen molar-refractivity contribution in [2.75, 3.05) is 7.11 Å². The van der Waals surface area contributed by atoms with E-state index < -0.39 is 0 Å². The molecule has 2 aromatic rings. The van der Waals surface area contributed by atoms with Crippen molar-refractivity contribution in [2.45, 2.75) is 6.54 Å². The van der Waals surface area contributed by atoms with Gasteiger partial charge in [-0.25, -0.2) is 0 Å². The summed E-state index contributed by atoms with van der Waals surface area (Å²) in [6.07, 6.45) is 0. The molecular weight excluding hydrogens is 334 g/mol. The van der Waals surface area contributed by atoms with Crippen molar-refractivity contribution in [1.82, 2.24) is 5.32 Å². The Hall–Kier alpha value is -1.46. The molecule has 19 heavy (non-hydrogen) atoms. The van der Waals surface area contributed by atoms with Crippen molar-refractivity contribution in [3.63, 3.8) is 0 Å². The minimum atomic E-state index is -0.280. The topological polar surface area (TPSA) is 51.5 Å². The SMILES string of the molecule is COc1ccc(CNC(=O)c2ccc(Br)o2)cc1Cl. The lowest BCUT2D eigenvalue weighted by atomic mass is 10.2. The summed E-state index contributed by atoms with van der Waals surface area (Å²) in [5, 5.41) is 3.25. The van der Waals surface area contributed by atoms with E-state index in [1.54, 1.807) is 31.4 Å². The van der Waals surface area contributed by atoms with Crippen molar-refractivity contribution in [1.29, 1.82) is 0 Å². The highest BCUT2D eigenvalue weighted by molar-refractivity contribution is 9.10. The van der Waals surface area contributed by atoms with Crippen molar-refractivity contribution in [3.8, 4) is 5.75 Å². The zero-order chi connectivity index (χ0) is 13.8. The van der Waals surface area contributed by atoms with Gasteiger partial charge >= 0.3 is 0 Å². The van der Waals surface area contributed by atoms with E-state index in [4.69, 9.17) is 20.8 Å². The second-order valence-corrected chi connectivity index (χ2v) is 4.94. The van der Waals surface area contributed by atoms with Gasteiger partial charge in [-0.3, -0.25) is 4.79 Å². The summed E-state index contributed by atoms with van der Waals surface area (Å²) in [6.45, 7) is 0.362. The van der Waals surface area contributed by atoms with Crippen LogP contribution in [0.3, 0.4) is 0 Å². The molecule has 0 aliphatic rings. The second kappa shape index (κ2) is 6.12. The van der Waals surface area contributed by atoms with Crippen molar-refractivity contribution >= 4 is 33.4 Å². The Morgan fingerprint density at radius 2 is 2.21 bits per heavy atom. The zero-order valence-electron chi connectivity index (χ0n) is 10.1. The molecule has 4 nitrogen and oxygen atoms in total. The van der Waals surface area contributed by atoms with Gasteiger partial charge in [0.25, 0.3) is 5.91 Å². The normalized spacial score (nSPS) is 10.3. The van der Waals surface area contributed by atoms with Crippen LogP contribution in [0.5, 0.6) is 5.75 Å². The molecule has 0 saturated carbocycles. The molecule has 1 N–H and O–H groups in total. The average molecular weight is 345 g/mol. The van der Waals surface area contributed by atoms with Gasteiger partial charge < -0.3 is 14.5 Å². The summed E-state index contributed by atoms with van der Waals surface area (Å²) in [4.78, 5) is 11.8. The summed E-state index contributed by atoms with van der Waals surface area (Å²) in [5.74, 6) is 0.579. The fraction of sp³-hybridized carbons (Fsp3) is 0.154. The van der Waals surface area contributed by atoms with Crippen LogP contribution < -0.4 is 10.1 Å². The largest absolute Gasteiger partial charge is 0.495 e. The molecule has 0 spiro atoms. The van der Waals surface area contributed by atoms with E-state index >= 15 is 0 Å². The highest BCUT2D eigenvalue weighted by Gasteiger charge is 2.10. The number of carbonyl (C=O) groups excluding carboxylic acids is 1. The Labute approximate surface area is 123 Å². The van der Waals surface area contributed by atoms with Gasteiger partial charge in [0.2, 0.25) is 0 Å². The van der Waals surface area contributed by atoms with E-state index in [0.29, 0.717) is 22.0 Å². The highest BCUT2D eigenvalue weighted by atomic mass is 79.9. The first-order chi connectivity index (χ1) is 9.10.